The summed E-state index contributed by atoms with van der Waals surface area (Å²) in [6, 6.07) is 0. The SMILES string of the molecule is C=CCc1nsc(N)c1Br. The third-order valence-corrected chi connectivity index (χ3v) is 2.92. The van der Waals surface area contributed by atoms with Crippen molar-refractivity contribution in [2.45, 2.75) is 6.42 Å². The van der Waals surface area contributed by atoms with Crippen LogP contribution in [0.15, 0.2) is 17.1 Å². The minimum atomic E-state index is 0.733. The third kappa shape index (κ3) is 1.38. The first kappa shape index (κ1) is 7.75. The zero-order valence-corrected chi connectivity index (χ0v) is 7.70. The first-order valence-electron chi connectivity index (χ1n) is 2.76. The Kier molecular flexibility index (Phi) is 2.45. The molecule has 0 atom stereocenters. The van der Waals surface area contributed by atoms with Crippen LogP contribution in [0.3, 0.4) is 0 Å². The van der Waals surface area contributed by atoms with Gasteiger partial charge in [-0.25, -0.2) is 0 Å². The van der Waals surface area contributed by atoms with Crippen LogP contribution in [0.1, 0.15) is 5.69 Å². The van der Waals surface area contributed by atoms with E-state index in [0.29, 0.717) is 0 Å². The van der Waals surface area contributed by atoms with Crippen molar-refractivity contribution in [1.29, 1.82) is 0 Å². The van der Waals surface area contributed by atoms with Crippen LogP contribution in [0.2, 0.25) is 0 Å². The summed E-state index contributed by atoms with van der Waals surface area (Å²) in [6.07, 6.45) is 2.58. The highest BCUT2D eigenvalue weighted by molar-refractivity contribution is 9.10. The maximum Gasteiger partial charge on any atom is 0.121 e. The van der Waals surface area contributed by atoms with E-state index in [2.05, 4.69) is 26.9 Å². The van der Waals surface area contributed by atoms with Gasteiger partial charge in [0.25, 0.3) is 0 Å². The normalized spacial score (nSPS) is 9.70. The molecule has 0 saturated carbocycles. The summed E-state index contributed by atoms with van der Waals surface area (Å²) in [7, 11) is 0. The number of rotatable bonds is 2. The molecule has 1 aromatic heterocycles. The minimum Gasteiger partial charge on any atom is -0.388 e. The summed E-state index contributed by atoms with van der Waals surface area (Å²) >= 11 is 4.63. The number of halogens is 1. The Morgan fingerprint density at radius 1 is 1.80 bits per heavy atom. The molecule has 0 spiro atoms. The van der Waals surface area contributed by atoms with Crippen LogP contribution >= 0.6 is 27.5 Å². The molecule has 0 aliphatic heterocycles. The van der Waals surface area contributed by atoms with Gasteiger partial charge in [0, 0.05) is 6.42 Å². The lowest BCUT2D eigenvalue weighted by Crippen LogP contribution is -1.82. The number of hydrogen-bond acceptors (Lipinski definition) is 3. The monoisotopic (exact) mass is 218 g/mol. The van der Waals surface area contributed by atoms with Gasteiger partial charge in [0.15, 0.2) is 0 Å². The molecule has 4 heteroatoms. The second-order valence-electron chi connectivity index (χ2n) is 1.80. The number of aromatic nitrogens is 1. The van der Waals surface area contributed by atoms with Gasteiger partial charge in [-0.05, 0) is 27.5 Å². The van der Waals surface area contributed by atoms with Gasteiger partial charge in [-0.2, -0.15) is 4.37 Å². The molecule has 0 radical (unpaired) electrons. The molecule has 1 aromatic rings. The molecule has 2 nitrogen and oxygen atoms in total. The summed E-state index contributed by atoms with van der Waals surface area (Å²) < 4.78 is 5.02. The fourth-order valence-electron chi connectivity index (χ4n) is 0.590. The van der Waals surface area contributed by atoms with Gasteiger partial charge >= 0.3 is 0 Å². The minimum absolute atomic E-state index is 0.733. The van der Waals surface area contributed by atoms with Crippen molar-refractivity contribution in [2.75, 3.05) is 5.73 Å². The van der Waals surface area contributed by atoms with Crippen LogP contribution in [-0.2, 0) is 6.42 Å². The quantitative estimate of drug-likeness (QED) is 0.774. The fraction of sp³-hybridized carbons (Fsp3) is 0.167. The Morgan fingerprint density at radius 3 is 2.90 bits per heavy atom. The van der Waals surface area contributed by atoms with E-state index >= 15 is 0 Å². The number of nitrogen functional groups attached to an aromatic ring is 1. The van der Waals surface area contributed by atoms with Crippen LogP contribution in [0.25, 0.3) is 0 Å². The molecular weight excluding hydrogens is 212 g/mol. The van der Waals surface area contributed by atoms with Crippen molar-refractivity contribution >= 4 is 32.5 Å². The smallest absolute Gasteiger partial charge is 0.121 e. The van der Waals surface area contributed by atoms with Crippen LogP contribution < -0.4 is 5.73 Å². The number of anilines is 1. The van der Waals surface area contributed by atoms with Gasteiger partial charge in [-0.15, -0.1) is 6.58 Å². The average molecular weight is 219 g/mol. The Labute approximate surface area is 72.0 Å². The Balaban J connectivity index is 2.93. The van der Waals surface area contributed by atoms with Crippen LogP contribution in [0, 0.1) is 0 Å². The molecule has 54 valence electrons. The molecular formula is C6H7BrN2S. The number of nitrogens with zero attached hydrogens (tertiary/aromatic N) is 1. The topological polar surface area (TPSA) is 38.9 Å². The molecule has 0 fully saturated rings. The first-order valence-corrected chi connectivity index (χ1v) is 4.32. The van der Waals surface area contributed by atoms with Gasteiger partial charge < -0.3 is 5.73 Å². The molecule has 1 rings (SSSR count). The summed E-state index contributed by atoms with van der Waals surface area (Å²) in [6.45, 7) is 3.61. The van der Waals surface area contributed by atoms with Gasteiger partial charge in [0.05, 0.1) is 10.2 Å². The highest BCUT2D eigenvalue weighted by Crippen LogP contribution is 2.27. The summed E-state index contributed by atoms with van der Waals surface area (Å²) in [5.74, 6) is 0. The van der Waals surface area contributed by atoms with Gasteiger partial charge in [0.2, 0.25) is 0 Å². The highest BCUT2D eigenvalue weighted by Gasteiger charge is 2.05. The number of nitrogens with two attached hydrogens (primary N) is 1. The lowest BCUT2D eigenvalue weighted by molar-refractivity contribution is 1.18. The molecule has 0 bridgehead atoms. The molecule has 0 saturated heterocycles. The van der Waals surface area contributed by atoms with E-state index in [1.807, 2.05) is 0 Å². The second kappa shape index (κ2) is 3.16. The number of hydrogen-bond donors (Lipinski definition) is 1. The number of allylic oxidation sites excluding steroid dienone is 1. The summed E-state index contributed by atoms with van der Waals surface area (Å²) in [4.78, 5) is 0. The van der Waals surface area contributed by atoms with Crippen LogP contribution in [0.5, 0.6) is 0 Å². The van der Waals surface area contributed by atoms with Gasteiger partial charge in [-0.3, -0.25) is 0 Å². The van der Waals surface area contributed by atoms with Crippen molar-refractivity contribution < 1.29 is 0 Å². The highest BCUT2D eigenvalue weighted by atomic mass is 79.9. The lowest BCUT2D eigenvalue weighted by Gasteiger charge is -1.88. The zero-order chi connectivity index (χ0) is 7.56. The summed E-state index contributed by atoms with van der Waals surface area (Å²) in [5, 5.41) is 0.733. The van der Waals surface area contributed by atoms with Crippen molar-refractivity contribution in [3.8, 4) is 0 Å². The predicted octanol–water partition coefficient (Wildman–Crippen LogP) is 2.22. The van der Waals surface area contributed by atoms with E-state index in [1.165, 1.54) is 11.5 Å². The first-order chi connectivity index (χ1) is 4.75. The molecule has 0 unspecified atom stereocenters. The molecule has 0 aliphatic carbocycles. The summed E-state index contributed by atoms with van der Waals surface area (Å²) in [5.41, 5.74) is 6.52. The average Bonchev–Trinajstić information content (AvgIpc) is 2.20. The van der Waals surface area contributed by atoms with Crippen molar-refractivity contribution in [1.82, 2.24) is 4.37 Å². The standard InChI is InChI=1S/C6H7BrN2S/c1-2-3-4-5(7)6(8)10-9-4/h2H,1,3,8H2. The fourth-order valence-corrected chi connectivity index (χ4v) is 1.75. The molecule has 0 aromatic carbocycles. The maximum absolute atomic E-state index is 5.55. The maximum atomic E-state index is 5.55. The second-order valence-corrected chi connectivity index (χ2v) is 3.40. The lowest BCUT2D eigenvalue weighted by atomic mass is 10.3. The molecule has 0 aliphatic rings. The van der Waals surface area contributed by atoms with E-state index in [9.17, 15) is 0 Å². The van der Waals surface area contributed by atoms with Gasteiger partial charge in [0.1, 0.15) is 5.00 Å². The molecule has 0 amide bonds. The Morgan fingerprint density at radius 2 is 2.50 bits per heavy atom. The zero-order valence-electron chi connectivity index (χ0n) is 5.30. The molecule has 10 heavy (non-hydrogen) atoms. The van der Waals surface area contributed by atoms with E-state index < -0.39 is 0 Å². The van der Waals surface area contributed by atoms with E-state index in [-0.39, 0.29) is 0 Å². The third-order valence-electron chi connectivity index (χ3n) is 1.06. The largest absolute Gasteiger partial charge is 0.388 e. The molecule has 2 N–H and O–H groups in total. The van der Waals surface area contributed by atoms with Crippen molar-refractivity contribution in [3.63, 3.8) is 0 Å². The van der Waals surface area contributed by atoms with Crippen LogP contribution in [-0.4, -0.2) is 4.37 Å². The van der Waals surface area contributed by atoms with Crippen molar-refractivity contribution in [2.24, 2.45) is 0 Å². The van der Waals surface area contributed by atoms with E-state index in [1.54, 1.807) is 6.08 Å². The van der Waals surface area contributed by atoms with Gasteiger partial charge in [-0.1, -0.05) is 6.08 Å². The Bertz CT molecular complexity index is 244. The molecule has 1 heterocycles. The van der Waals surface area contributed by atoms with E-state index in [0.717, 1.165) is 21.6 Å². The van der Waals surface area contributed by atoms with Crippen molar-refractivity contribution in [3.05, 3.63) is 22.8 Å². The predicted molar refractivity (Wildman–Crippen MR) is 48.1 cm³/mol. The Hall–Kier alpha value is -0.350. The van der Waals surface area contributed by atoms with Crippen LogP contribution in [0.4, 0.5) is 5.00 Å². The van der Waals surface area contributed by atoms with E-state index in [4.69, 9.17) is 5.73 Å².